The van der Waals surface area contributed by atoms with Crippen LogP contribution in [-0.2, 0) is 9.53 Å². The van der Waals surface area contributed by atoms with Crippen LogP contribution in [0.3, 0.4) is 0 Å². The molecular formula is C10H15NO2. The van der Waals surface area contributed by atoms with Gasteiger partial charge in [0, 0.05) is 12.0 Å². The van der Waals surface area contributed by atoms with Crippen molar-refractivity contribution in [1.29, 1.82) is 5.26 Å². The second-order valence-corrected chi connectivity index (χ2v) is 2.89. The fourth-order valence-corrected chi connectivity index (χ4v) is 0.771. The second kappa shape index (κ2) is 7.35. The largest absolute Gasteiger partial charge is 0.462 e. The molecule has 0 fully saturated rings. The predicted octanol–water partition coefficient (Wildman–Crippen LogP) is 2.19. The summed E-state index contributed by atoms with van der Waals surface area (Å²) in [5.74, 6) is -0.333. The van der Waals surface area contributed by atoms with E-state index in [2.05, 4.69) is 12.6 Å². The van der Waals surface area contributed by atoms with E-state index in [1.54, 1.807) is 6.92 Å². The molecule has 0 rings (SSSR count). The van der Waals surface area contributed by atoms with Crippen LogP contribution in [0.1, 0.15) is 32.6 Å². The van der Waals surface area contributed by atoms with Crippen LogP contribution in [-0.4, -0.2) is 12.6 Å². The van der Waals surface area contributed by atoms with E-state index in [0.29, 0.717) is 18.6 Å². The van der Waals surface area contributed by atoms with Crippen LogP contribution in [0.15, 0.2) is 12.2 Å². The average molecular weight is 181 g/mol. The van der Waals surface area contributed by atoms with E-state index in [4.69, 9.17) is 10.00 Å². The fraction of sp³-hybridized carbons (Fsp3) is 0.600. The van der Waals surface area contributed by atoms with Crippen LogP contribution in [0.2, 0.25) is 0 Å². The Morgan fingerprint density at radius 1 is 1.46 bits per heavy atom. The van der Waals surface area contributed by atoms with Crippen molar-refractivity contribution in [1.82, 2.24) is 0 Å². The van der Waals surface area contributed by atoms with Gasteiger partial charge in [0.25, 0.3) is 0 Å². The van der Waals surface area contributed by atoms with Gasteiger partial charge in [0.2, 0.25) is 0 Å². The number of carbonyl (C=O) groups excluding carboxylic acids is 1. The summed E-state index contributed by atoms with van der Waals surface area (Å²) in [5, 5.41) is 8.24. The van der Waals surface area contributed by atoms with Crippen LogP contribution in [0.4, 0.5) is 0 Å². The van der Waals surface area contributed by atoms with Gasteiger partial charge in [-0.3, -0.25) is 0 Å². The van der Waals surface area contributed by atoms with E-state index < -0.39 is 0 Å². The lowest BCUT2D eigenvalue weighted by atomic mass is 10.2. The summed E-state index contributed by atoms with van der Waals surface area (Å²) in [6, 6.07) is 2.06. The number of nitrogens with zero attached hydrogens (tertiary/aromatic N) is 1. The smallest absolute Gasteiger partial charge is 0.333 e. The Balaban J connectivity index is 3.22. The maximum atomic E-state index is 10.9. The fourth-order valence-electron chi connectivity index (χ4n) is 0.771. The molecule has 3 nitrogen and oxygen atoms in total. The van der Waals surface area contributed by atoms with E-state index in [1.165, 1.54) is 0 Å². The van der Waals surface area contributed by atoms with Gasteiger partial charge < -0.3 is 4.74 Å². The number of nitriles is 1. The van der Waals surface area contributed by atoms with Gasteiger partial charge in [0.05, 0.1) is 12.7 Å². The Labute approximate surface area is 79.0 Å². The van der Waals surface area contributed by atoms with Gasteiger partial charge in [0.15, 0.2) is 0 Å². The summed E-state index contributed by atoms with van der Waals surface area (Å²) in [6.45, 7) is 5.52. The highest BCUT2D eigenvalue weighted by Crippen LogP contribution is 2.00. The molecule has 0 aliphatic heterocycles. The minimum atomic E-state index is -0.333. The van der Waals surface area contributed by atoms with E-state index in [0.717, 1.165) is 19.3 Å². The third kappa shape index (κ3) is 7.07. The Morgan fingerprint density at radius 3 is 2.69 bits per heavy atom. The molecule has 0 radical (unpaired) electrons. The molecule has 0 saturated carbocycles. The number of ether oxygens (including phenoxy) is 1. The van der Waals surface area contributed by atoms with Crippen molar-refractivity contribution >= 4 is 5.97 Å². The van der Waals surface area contributed by atoms with Crippen molar-refractivity contribution in [2.75, 3.05) is 6.61 Å². The number of carbonyl (C=O) groups is 1. The highest BCUT2D eigenvalue weighted by atomic mass is 16.5. The number of hydrogen-bond acceptors (Lipinski definition) is 3. The molecule has 0 heterocycles. The number of unbranched alkanes of at least 4 members (excludes halogenated alkanes) is 3. The summed E-state index contributed by atoms with van der Waals surface area (Å²) in [7, 11) is 0. The van der Waals surface area contributed by atoms with Crippen molar-refractivity contribution in [3.05, 3.63) is 12.2 Å². The summed E-state index contributed by atoms with van der Waals surface area (Å²) in [5.41, 5.74) is 0.428. The lowest BCUT2D eigenvalue weighted by molar-refractivity contribution is -0.139. The molecule has 0 saturated heterocycles. The molecule has 0 amide bonds. The Morgan fingerprint density at radius 2 is 2.15 bits per heavy atom. The highest BCUT2D eigenvalue weighted by Gasteiger charge is 2.01. The van der Waals surface area contributed by atoms with Crippen LogP contribution >= 0.6 is 0 Å². The van der Waals surface area contributed by atoms with Crippen molar-refractivity contribution in [2.24, 2.45) is 0 Å². The minimum absolute atomic E-state index is 0.333. The first kappa shape index (κ1) is 11.7. The van der Waals surface area contributed by atoms with Gasteiger partial charge in [-0.15, -0.1) is 0 Å². The molecule has 0 aliphatic carbocycles. The maximum Gasteiger partial charge on any atom is 0.333 e. The first-order chi connectivity index (χ1) is 6.18. The molecule has 0 unspecified atom stereocenters. The molecule has 0 aromatic heterocycles. The van der Waals surface area contributed by atoms with Gasteiger partial charge in [-0.1, -0.05) is 6.58 Å². The standard InChI is InChI=1S/C10H15NO2/c1-9(2)10(12)13-8-6-4-3-5-7-11/h1,3-6,8H2,2H3. The average Bonchev–Trinajstić information content (AvgIpc) is 2.10. The topological polar surface area (TPSA) is 50.1 Å². The SMILES string of the molecule is C=C(C)C(=O)OCCCCCC#N. The zero-order chi connectivity index (χ0) is 10.1. The monoisotopic (exact) mass is 181 g/mol. The molecule has 0 aliphatic rings. The first-order valence-electron chi connectivity index (χ1n) is 4.38. The van der Waals surface area contributed by atoms with Gasteiger partial charge in [-0.2, -0.15) is 5.26 Å². The van der Waals surface area contributed by atoms with Crippen LogP contribution < -0.4 is 0 Å². The molecule has 0 bridgehead atoms. The Hall–Kier alpha value is -1.30. The first-order valence-corrected chi connectivity index (χ1v) is 4.38. The van der Waals surface area contributed by atoms with Crippen molar-refractivity contribution in [3.8, 4) is 6.07 Å². The maximum absolute atomic E-state index is 10.9. The predicted molar refractivity (Wildman–Crippen MR) is 49.9 cm³/mol. The summed E-state index contributed by atoms with van der Waals surface area (Å²) in [6.07, 6.45) is 3.20. The molecule has 0 aromatic carbocycles. The minimum Gasteiger partial charge on any atom is -0.462 e. The molecule has 0 N–H and O–H groups in total. The lowest BCUT2D eigenvalue weighted by Gasteiger charge is -2.02. The quantitative estimate of drug-likeness (QED) is 0.358. The normalized spacial score (nSPS) is 8.92. The third-order valence-corrected chi connectivity index (χ3v) is 1.51. The van der Waals surface area contributed by atoms with Crippen LogP contribution in [0, 0.1) is 11.3 Å². The van der Waals surface area contributed by atoms with Gasteiger partial charge >= 0.3 is 5.97 Å². The van der Waals surface area contributed by atoms with Gasteiger partial charge in [0.1, 0.15) is 0 Å². The zero-order valence-corrected chi connectivity index (χ0v) is 8.01. The second-order valence-electron chi connectivity index (χ2n) is 2.89. The summed E-state index contributed by atoms with van der Waals surface area (Å²) < 4.78 is 4.86. The number of esters is 1. The van der Waals surface area contributed by atoms with Crippen molar-refractivity contribution < 1.29 is 9.53 Å². The summed E-state index contributed by atoms with van der Waals surface area (Å²) in [4.78, 5) is 10.9. The van der Waals surface area contributed by atoms with Crippen LogP contribution in [0.5, 0.6) is 0 Å². The molecule has 0 atom stereocenters. The molecule has 72 valence electrons. The zero-order valence-electron chi connectivity index (χ0n) is 8.01. The van der Waals surface area contributed by atoms with E-state index in [1.807, 2.05) is 0 Å². The van der Waals surface area contributed by atoms with Crippen LogP contribution in [0.25, 0.3) is 0 Å². The molecule has 0 spiro atoms. The van der Waals surface area contributed by atoms with Gasteiger partial charge in [-0.25, -0.2) is 4.79 Å². The summed E-state index contributed by atoms with van der Waals surface area (Å²) >= 11 is 0. The molecular weight excluding hydrogens is 166 g/mol. The lowest BCUT2D eigenvalue weighted by Crippen LogP contribution is -2.05. The van der Waals surface area contributed by atoms with Crippen molar-refractivity contribution in [3.63, 3.8) is 0 Å². The molecule has 13 heavy (non-hydrogen) atoms. The Kier molecular flexibility index (Phi) is 6.62. The van der Waals surface area contributed by atoms with E-state index in [9.17, 15) is 4.79 Å². The number of hydrogen-bond donors (Lipinski definition) is 0. The highest BCUT2D eigenvalue weighted by molar-refractivity contribution is 5.86. The van der Waals surface area contributed by atoms with Gasteiger partial charge in [-0.05, 0) is 26.2 Å². The molecule has 3 heteroatoms. The number of rotatable bonds is 6. The van der Waals surface area contributed by atoms with E-state index in [-0.39, 0.29) is 5.97 Å². The van der Waals surface area contributed by atoms with E-state index >= 15 is 0 Å². The molecule has 0 aromatic rings. The Bertz CT molecular complexity index is 215. The van der Waals surface area contributed by atoms with Crippen molar-refractivity contribution in [2.45, 2.75) is 32.6 Å². The third-order valence-electron chi connectivity index (χ3n) is 1.51.